The predicted octanol–water partition coefficient (Wildman–Crippen LogP) is 2.30. The zero-order chi connectivity index (χ0) is 27.5. The summed E-state index contributed by atoms with van der Waals surface area (Å²) in [4.78, 5) is 38.1. The number of amidine groups is 1. The van der Waals surface area contributed by atoms with E-state index in [1.165, 1.54) is 0 Å². The number of oxime groups is 1. The van der Waals surface area contributed by atoms with Crippen molar-refractivity contribution in [1.29, 1.82) is 0 Å². The molecule has 1 amide bonds. The highest BCUT2D eigenvalue weighted by molar-refractivity contribution is 7.89. The van der Waals surface area contributed by atoms with Crippen LogP contribution in [0, 0.1) is 26.7 Å². The predicted molar refractivity (Wildman–Crippen MR) is 140 cm³/mol. The number of nitrogens with one attached hydrogen (secondary N) is 3. The Labute approximate surface area is 221 Å². The fourth-order valence-electron chi connectivity index (χ4n) is 5.34. The summed E-state index contributed by atoms with van der Waals surface area (Å²) in [6, 6.07) is 1.87. The number of aryl methyl sites for hydroxylation is 3. The number of benzene rings is 1. The Balaban J connectivity index is 1.37. The number of hydrogen-bond donors (Lipinski definition) is 4. The molecule has 1 aromatic heterocycles. The number of hydrogen-bond acceptors (Lipinski definition) is 8. The van der Waals surface area contributed by atoms with Crippen molar-refractivity contribution in [2.75, 3.05) is 18.4 Å². The molecule has 1 aliphatic heterocycles. The van der Waals surface area contributed by atoms with E-state index in [0.29, 0.717) is 35.7 Å². The van der Waals surface area contributed by atoms with Crippen LogP contribution in [0.2, 0.25) is 0 Å². The Morgan fingerprint density at radius 2 is 1.97 bits per heavy atom. The topological polar surface area (TPSA) is 166 Å². The lowest BCUT2D eigenvalue weighted by atomic mass is 9.77. The molecular weight excluding hydrogens is 512 g/mol. The summed E-state index contributed by atoms with van der Waals surface area (Å²) in [5, 5.41) is 17.2. The molecule has 4 rings (SSSR count). The van der Waals surface area contributed by atoms with Gasteiger partial charge < -0.3 is 20.2 Å². The smallest absolute Gasteiger partial charge is 0.323 e. The van der Waals surface area contributed by atoms with E-state index >= 15 is 0 Å². The fraction of sp³-hybridized carbons (Fsp3) is 0.520. The van der Waals surface area contributed by atoms with Gasteiger partial charge in [0.15, 0.2) is 11.8 Å². The Hall–Kier alpha value is -3.45. The van der Waals surface area contributed by atoms with Crippen LogP contribution >= 0.6 is 0 Å². The molecule has 0 radical (unpaired) electrons. The number of aromatic nitrogens is 2. The lowest BCUT2D eigenvalue weighted by Gasteiger charge is -2.35. The van der Waals surface area contributed by atoms with Crippen molar-refractivity contribution < 1.29 is 28.0 Å². The SMILES string of the molecule is Cc1cc(C)c(S(=O)(=O)N[C@@H](CN(C=O)C2=NOC3(CCC(CNc4ncc[nH]4)CC3)C2)C(=O)O)c(C)c1. The molecule has 0 saturated heterocycles. The maximum atomic E-state index is 13.1. The fourth-order valence-corrected chi connectivity index (χ4v) is 6.98. The zero-order valence-electron chi connectivity index (χ0n) is 21.7. The van der Waals surface area contributed by atoms with Gasteiger partial charge in [0.05, 0.1) is 17.9 Å². The largest absolute Gasteiger partial charge is 0.480 e. The van der Waals surface area contributed by atoms with Crippen LogP contribution < -0.4 is 10.0 Å². The van der Waals surface area contributed by atoms with Crippen molar-refractivity contribution in [1.82, 2.24) is 19.6 Å². The van der Waals surface area contributed by atoms with Gasteiger partial charge in [0.1, 0.15) is 11.6 Å². The Morgan fingerprint density at radius 1 is 1.29 bits per heavy atom. The number of anilines is 1. The standard InChI is InChI=1S/C25H34N6O6S/c1-16-10-17(2)22(18(3)11-16)38(35,36)30-20(23(33)34)14-31(15-32)21-12-25(37-29-21)6-4-19(5-7-25)13-28-24-26-8-9-27-24/h8-11,15,19-20,30H,4-7,12-14H2,1-3H3,(H,33,34)(H2,26,27,28)/t19?,20-,25?/m0/s1. The summed E-state index contributed by atoms with van der Waals surface area (Å²) in [6.07, 6.45) is 7.51. The minimum Gasteiger partial charge on any atom is -0.480 e. The van der Waals surface area contributed by atoms with Gasteiger partial charge in [-0.25, -0.2) is 13.4 Å². The molecule has 2 heterocycles. The first-order valence-electron chi connectivity index (χ1n) is 12.5. The Bertz CT molecular complexity index is 1280. The molecule has 13 heteroatoms. The number of carbonyl (C=O) groups excluding carboxylic acids is 1. The number of sulfonamides is 1. The van der Waals surface area contributed by atoms with E-state index in [0.717, 1.165) is 48.6 Å². The van der Waals surface area contributed by atoms with Crippen LogP contribution in [0.5, 0.6) is 0 Å². The van der Waals surface area contributed by atoms with Crippen molar-refractivity contribution >= 4 is 34.2 Å². The quantitative estimate of drug-likeness (QED) is 0.330. The Morgan fingerprint density at radius 3 is 2.55 bits per heavy atom. The maximum absolute atomic E-state index is 13.1. The average Bonchev–Trinajstić information content (AvgIpc) is 3.51. The summed E-state index contributed by atoms with van der Waals surface area (Å²) in [6.45, 7) is 5.53. The van der Waals surface area contributed by atoms with Gasteiger partial charge in [-0.15, -0.1) is 0 Å². The lowest BCUT2D eigenvalue weighted by Crippen LogP contribution is -2.50. The first-order valence-corrected chi connectivity index (χ1v) is 14.0. The van der Waals surface area contributed by atoms with Gasteiger partial charge in [0.25, 0.3) is 0 Å². The highest BCUT2D eigenvalue weighted by Crippen LogP contribution is 2.41. The van der Waals surface area contributed by atoms with Gasteiger partial charge in [-0.3, -0.25) is 14.5 Å². The average molecular weight is 547 g/mol. The minimum absolute atomic E-state index is 0.0331. The normalized spacial score (nSPS) is 22.0. The van der Waals surface area contributed by atoms with Gasteiger partial charge in [0, 0.05) is 18.9 Å². The number of carboxylic acid groups (broad SMARTS) is 1. The first kappa shape index (κ1) is 27.6. The van der Waals surface area contributed by atoms with Crippen LogP contribution in [0.1, 0.15) is 48.8 Å². The van der Waals surface area contributed by atoms with E-state index in [2.05, 4.69) is 25.2 Å². The molecule has 1 fully saturated rings. The number of rotatable bonds is 10. The van der Waals surface area contributed by atoms with E-state index in [-0.39, 0.29) is 4.90 Å². The monoisotopic (exact) mass is 546 g/mol. The van der Waals surface area contributed by atoms with Crippen LogP contribution in [-0.4, -0.2) is 71.3 Å². The number of carboxylic acids is 1. The molecule has 2 aromatic rings. The van der Waals surface area contributed by atoms with Crippen LogP contribution in [0.15, 0.2) is 34.6 Å². The maximum Gasteiger partial charge on any atom is 0.323 e. The highest BCUT2D eigenvalue weighted by Gasteiger charge is 2.44. The number of nitrogens with zero attached hydrogens (tertiary/aromatic N) is 3. The van der Waals surface area contributed by atoms with Crippen molar-refractivity contribution in [2.24, 2.45) is 11.1 Å². The van der Waals surface area contributed by atoms with E-state index in [9.17, 15) is 23.1 Å². The molecule has 206 valence electrons. The molecule has 4 N–H and O–H groups in total. The molecule has 12 nitrogen and oxygen atoms in total. The van der Waals surface area contributed by atoms with Crippen molar-refractivity contribution in [3.05, 3.63) is 41.2 Å². The third kappa shape index (κ3) is 6.16. The molecule has 2 aliphatic rings. The van der Waals surface area contributed by atoms with Crippen LogP contribution in [0.25, 0.3) is 0 Å². The summed E-state index contributed by atoms with van der Waals surface area (Å²) in [7, 11) is -4.17. The summed E-state index contributed by atoms with van der Waals surface area (Å²) < 4.78 is 28.6. The number of imidazole rings is 1. The van der Waals surface area contributed by atoms with E-state index in [4.69, 9.17) is 4.84 Å². The van der Waals surface area contributed by atoms with E-state index < -0.39 is 34.2 Å². The number of aromatic amines is 1. The molecule has 1 saturated carbocycles. The lowest BCUT2D eigenvalue weighted by molar-refractivity contribution is -0.139. The second-order valence-corrected chi connectivity index (χ2v) is 11.9. The summed E-state index contributed by atoms with van der Waals surface area (Å²) >= 11 is 0. The molecule has 1 aromatic carbocycles. The number of amides is 1. The molecule has 38 heavy (non-hydrogen) atoms. The highest BCUT2D eigenvalue weighted by atomic mass is 32.2. The first-order chi connectivity index (χ1) is 18.0. The van der Waals surface area contributed by atoms with Gasteiger partial charge in [-0.1, -0.05) is 22.9 Å². The van der Waals surface area contributed by atoms with Gasteiger partial charge in [-0.2, -0.15) is 4.72 Å². The van der Waals surface area contributed by atoms with Crippen LogP contribution in [-0.2, 0) is 24.4 Å². The molecule has 1 aliphatic carbocycles. The summed E-state index contributed by atoms with van der Waals surface area (Å²) in [5.41, 5.74) is 1.37. The van der Waals surface area contributed by atoms with E-state index in [1.54, 1.807) is 38.4 Å². The molecule has 0 bridgehead atoms. The second kappa shape index (κ2) is 11.1. The van der Waals surface area contributed by atoms with Gasteiger partial charge in [-0.05, 0) is 63.5 Å². The van der Waals surface area contributed by atoms with E-state index in [1.807, 2.05) is 6.92 Å². The van der Waals surface area contributed by atoms with Crippen LogP contribution in [0.3, 0.4) is 0 Å². The molecule has 1 atom stereocenters. The zero-order valence-corrected chi connectivity index (χ0v) is 22.5. The third-order valence-corrected chi connectivity index (χ3v) is 8.98. The number of aliphatic carboxylic acids is 1. The van der Waals surface area contributed by atoms with Crippen molar-refractivity contribution in [2.45, 2.75) is 69.4 Å². The van der Waals surface area contributed by atoms with Crippen molar-refractivity contribution in [3.8, 4) is 0 Å². The minimum atomic E-state index is -4.17. The molecule has 0 unspecified atom stereocenters. The van der Waals surface area contributed by atoms with Crippen LogP contribution in [0.4, 0.5) is 5.95 Å². The Kier molecular flexibility index (Phi) is 8.07. The van der Waals surface area contributed by atoms with Gasteiger partial charge >= 0.3 is 5.97 Å². The number of carbonyl (C=O) groups is 2. The third-order valence-electron chi connectivity index (χ3n) is 7.20. The number of H-pyrrole nitrogens is 1. The molecular formula is C25H34N6O6S. The summed E-state index contributed by atoms with van der Waals surface area (Å²) in [5.74, 6) is 0.0490. The second-order valence-electron chi connectivity index (χ2n) is 10.2. The van der Waals surface area contributed by atoms with Crippen molar-refractivity contribution in [3.63, 3.8) is 0 Å². The van der Waals surface area contributed by atoms with Gasteiger partial charge in [0.2, 0.25) is 16.4 Å². The molecule has 1 spiro atoms.